The summed E-state index contributed by atoms with van der Waals surface area (Å²) in [4.78, 5) is 8.75. The second kappa shape index (κ2) is 9.90. The first-order valence-corrected chi connectivity index (χ1v) is 9.83. The van der Waals surface area contributed by atoms with Gasteiger partial charge in [0, 0.05) is 52.6 Å². The number of nitrogens with one attached hydrogen (secondary N) is 1. The van der Waals surface area contributed by atoms with Crippen molar-refractivity contribution in [3.05, 3.63) is 30.1 Å². The van der Waals surface area contributed by atoms with E-state index in [0.717, 1.165) is 63.7 Å². The molecule has 2 aliphatic rings. The number of morpholine rings is 1. The highest BCUT2D eigenvalue weighted by Gasteiger charge is 2.32. The van der Waals surface area contributed by atoms with E-state index in [2.05, 4.69) is 20.1 Å². The van der Waals surface area contributed by atoms with Crippen molar-refractivity contribution in [3.8, 4) is 0 Å². The van der Waals surface area contributed by atoms with Gasteiger partial charge < -0.3 is 24.6 Å². The predicted octanol–water partition coefficient (Wildman–Crippen LogP) is 2.11. The molecule has 27 heavy (non-hydrogen) atoms. The molecule has 2 unspecified atom stereocenters. The van der Waals surface area contributed by atoms with Crippen LogP contribution in [0.15, 0.2) is 29.3 Å². The number of aliphatic imine (C=N–C) groups is 1. The van der Waals surface area contributed by atoms with E-state index in [1.165, 1.54) is 6.07 Å². The Hall–Kier alpha value is -1.86. The summed E-state index contributed by atoms with van der Waals surface area (Å²) in [6.07, 6.45) is 3.48. The summed E-state index contributed by atoms with van der Waals surface area (Å²) >= 11 is 0. The molecule has 6 nitrogen and oxygen atoms in total. The van der Waals surface area contributed by atoms with Gasteiger partial charge in [-0.1, -0.05) is 6.07 Å². The van der Waals surface area contributed by atoms with E-state index in [0.29, 0.717) is 6.61 Å². The Kier molecular flexibility index (Phi) is 7.29. The molecule has 2 atom stereocenters. The number of halogens is 1. The van der Waals surface area contributed by atoms with E-state index in [9.17, 15) is 4.39 Å². The van der Waals surface area contributed by atoms with Crippen LogP contribution >= 0.6 is 0 Å². The third kappa shape index (κ3) is 5.56. The molecule has 2 saturated heterocycles. The zero-order valence-corrected chi connectivity index (χ0v) is 16.4. The van der Waals surface area contributed by atoms with Crippen LogP contribution < -0.4 is 10.2 Å². The Labute approximate surface area is 161 Å². The van der Waals surface area contributed by atoms with Crippen LogP contribution in [0.3, 0.4) is 0 Å². The summed E-state index contributed by atoms with van der Waals surface area (Å²) < 4.78 is 25.0. The second-order valence-electron chi connectivity index (χ2n) is 7.14. The molecule has 150 valence electrons. The molecule has 0 bridgehead atoms. The lowest BCUT2D eigenvalue weighted by Gasteiger charge is -2.37. The van der Waals surface area contributed by atoms with E-state index in [1.54, 1.807) is 12.1 Å². The minimum Gasteiger partial charge on any atom is -0.375 e. The number of nitrogens with zero attached hydrogens (tertiary/aromatic N) is 3. The molecule has 1 aromatic rings. The van der Waals surface area contributed by atoms with Gasteiger partial charge in [0.1, 0.15) is 11.9 Å². The average Bonchev–Trinajstić information content (AvgIpc) is 3.23. The second-order valence-corrected chi connectivity index (χ2v) is 7.14. The lowest BCUT2D eigenvalue weighted by molar-refractivity contribution is -0.0816. The molecule has 0 aromatic heterocycles. The number of hydrogen-bond acceptors (Lipinski definition) is 4. The molecule has 2 fully saturated rings. The molecule has 7 heteroatoms. The van der Waals surface area contributed by atoms with Crippen LogP contribution in [-0.2, 0) is 9.47 Å². The molecule has 1 aromatic carbocycles. The molecule has 3 rings (SSSR count). The van der Waals surface area contributed by atoms with Crippen molar-refractivity contribution in [2.45, 2.75) is 31.5 Å². The molecular formula is C20H31FN4O2. The Balaban J connectivity index is 1.42. The molecule has 0 spiro atoms. The van der Waals surface area contributed by atoms with Gasteiger partial charge in [-0.25, -0.2) is 4.39 Å². The fourth-order valence-electron chi connectivity index (χ4n) is 3.68. The van der Waals surface area contributed by atoms with E-state index in [4.69, 9.17) is 9.47 Å². The summed E-state index contributed by atoms with van der Waals surface area (Å²) in [5.41, 5.74) is 0.895. The van der Waals surface area contributed by atoms with Gasteiger partial charge in [-0.05, 0) is 37.5 Å². The lowest BCUT2D eigenvalue weighted by atomic mass is 10.1. The Bertz CT molecular complexity index is 622. The van der Waals surface area contributed by atoms with Gasteiger partial charge in [0.05, 0.1) is 12.7 Å². The third-order valence-corrected chi connectivity index (χ3v) is 5.19. The topological polar surface area (TPSA) is 49.3 Å². The van der Waals surface area contributed by atoms with Crippen molar-refractivity contribution in [3.63, 3.8) is 0 Å². The molecule has 2 heterocycles. The lowest BCUT2D eigenvalue weighted by Crippen LogP contribution is -2.53. The third-order valence-electron chi connectivity index (χ3n) is 5.19. The fourth-order valence-corrected chi connectivity index (χ4v) is 3.68. The summed E-state index contributed by atoms with van der Waals surface area (Å²) in [6, 6.07) is 6.69. The highest BCUT2D eigenvalue weighted by molar-refractivity contribution is 5.80. The Morgan fingerprint density at radius 1 is 1.33 bits per heavy atom. The highest BCUT2D eigenvalue weighted by atomic mass is 19.1. The molecule has 0 saturated carbocycles. The first kappa shape index (κ1) is 19.9. The largest absolute Gasteiger partial charge is 0.375 e. The Morgan fingerprint density at radius 3 is 2.93 bits per heavy atom. The normalized spacial score (nSPS) is 23.5. The number of ether oxygens (including phenoxy) is 2. The number of rotatable bonds is 6. The SMILES string of the molecule is CN=C(NCCCN(C)c1cccc(F)c1)N1CCOC(C2CCCO2)C1. The Morgan fingerprint density at radius 2 is 2.19 bits per heavy atom. The van der Waals surface area contributed by atoms with Crippen LogP contribution in [0.1, 0.15) is 19.3 Å². The summed E-state index contributed by atoms with van der Waals surface area (Å²) in [5.74, 6) is 0.709. The smallest absolute Gasteiger partial charge is 0.193 e. The maximum Gasteiger partial charge on any atom is 0.193 e. The number of benzene rings is 1. The van der Waals surface area contributed by atoms with Crippen LogP contribution in [0.5, 0.6) is 0 Å². The van der Waals surface area contributed by atoms with Gasteiger partial charge in [0.15, 0.2) is 5.96 Å². The number of anilines is 1. The summed E-state index contributed by atoms with van der Waals surface area (Å²) in [5, 5.41) is 3.45. The van der Waals surface area contributed by atoms with Gasteiger partial charge in [0.2, 0.25) is 0 Å². The van der Waals surface area contributed by atoms with E-state index in [-0.39, 0.29) is 18.0 Å². The van der Waals surface area contributed by atoms with Crippen molar-refractivity contribution >= 4 is 11.6 Å². The maximum absolute atomic E-state index is 13.3. The van der Waals surface area contributed by atoms with Crippen LogP contribution in [0.4, 0.5) is 10.1 Å². The molecular weight excluding hydrogens is 347 g/mol. The van der Waals surface area contributed by atoms with Crippen molar-refractivity contribution in [2.75, 3.05) is 58.4 Å². The van der Waals surface area contributed by atoms with Gasteiger partial charge in [-0.2, -0.15) is 0 Å². The summed E-state index contributed by atoms with van der Waals surface area (Å²) in [7, 11) is 3.80. The molecule has 0 aliphatic carbocycles. The molecule has 0 amide bonds. The van der Waals surface area contributed by atoms with Crippen molar-refractivity contribution in [1.29, 1.82) is 0 Å². The quantitative estimate of drug-likeness (QED) is 0.467. The van der Waals surface area contributed by atoms with E-state index < -0.39 is 0 Å². The van der Waals surface area contributed by atoms with Crippen molar-refractivity contribution < 1.29 is 13.9 Å². The van der Waals surface area contributed by atoms with Crippen LogP contribution in [0.2, 0.25) is 0 Å². The molecule has 2 aliphatic heterocycles. The molecule has 1 N–H and O–H groups in total. The van der Waals surface area contributed by atoms with Crippen molar-refractivity contribution in [2.24, 2.45) is 4.99 Å². The highest BCUT2D eigenvalue weighted by Crippen LogP contribution is 2.21. The first-order valence-electron chi connectivity index (χ1n) is 9.83. The monoisotopic (exact) mass is 378 g/mol. The molecule has 0 radical (unpaired) electrons. The number of guanidine groups is 1. The van der Waals surface area contributed by atoms with Crippen LogP contribution in [0, 0.1) is 5.82 Å². The zero-order chi connectivity index (χ0) is 19.1. The van der Waals surface area contributed by atoms with Gasteiger partial charge in [-0.15, -0.1) is 0 Å². The first-order chi connectivity index (χ1) is 13.2. The van der Waals surface area contributed by atoms with E-state index >= 15 is 0 Å². The minimum atomic E-state index is -0.203. The van der Waals surface area contributed by atoms with E-state index in [1.807, 2.05) is 20.2 Å². The van der Waals surface area contributed by atoms with Crippen molar-refractivity contribution in [1.82, 2.24) is 10.2 Å². The van der Waals surface area contributed by atoms with Gasteiger partial charge >= 0.3 is 0 Å². The maximum atomic E-state index is 13.3. The average molecular weight is 378 g/mol. The minimum absolute atomic E-state index is 0.124. The number of hydrogen-bond donors (Lipinski definition) is 1. The fraction of sp³-hybridized carbons (Fsp3) is 0.650. The van der Waals surface area contributed by atoms with Crippen LogP contribution in [0.25, 0.3) is 0 Å². The standard InChI is InChI=1S/C20H31FN4O2/c1-22-20(25-11-13-27-19(15-25)18-8-4-12-26-18)23-9-5-10-24(2)17-7-3-6-16(21)14-17/h3,6-7,14,18-19H,4-5,8-13,15H2,1-2H3,(H,22,23). The predicted molar refractivity (Wildman–Crippen MR) is 106 cm³/mol. The zero-order valence-electron chi connectivity index (χ0n) is 16.4. The van der Waals surface area contributed by atoms with Crippen LogP contribution in [-0.4, -0.2) is 76.6 Å². The van der Waals surface area contributed by atoms with Gasteiger partial charge in [0.25, 0.3) is 0 Å². The van der Waals surface area contributed by atoms with Gasteiger partial charge in [-0.3, -0.25) is 4.99 Å². The summed E-state index contributed by atoms with van der Waals surface area (Å²) in [6.45, 7) is 4.85.